The zero-order valence-corrected chi connectivity index (χ0v) is 16.2. The van der Waals surface area contributed by atoms with Gasteiger partial charge < -0.3 is 5.32 Å². The first-order valence-electron chi connectivity index (χ1n) is 9.31. The maximum atomic E-state index is 4.32. The van der Waals surface area contributed by atoms with Crippen LogP contribution >= 0.6 is 12.4 Å². The maximum absolute atomic E-state index is 4.32. The fourth-order valence-electron chi connectivity index (χ4n) is 3.45. The van der Waals surface area contributed by atoms with E-state index in [9.17, 15) is 0 Å². The summed E-state index contributed by atoms with van der Waals surface area (Å²) in [5.74, 6) is 0.841. The first-order valence-corrected chi connectivity index (χ1v) is 9.31. The number of halogens is 1. The van der Waals surface area contributed by atoms with Gasteiger partial charge in [-0.05, 0) is 36.1 Å². The number of anilines is 1. The van der Waals surface area contributed by atoms with Crippen molar-refractivity contribution in [3.63, 3.8) is 0 Å². The Balaban J connectivity index is 0.00000210. The lowest BCUT2D eigenvalue weighted by Gasteiger charge is -2.28. The van der Waals surface area contributed by atoms with Crippen molar-refractivity contribution < 1.29 is 0 Å². The Kier molecular flexibility index (Phi) is 6.80. The van der Waals surface area contributed by atoms with Crippen molar-refractivity contribution in [3.8, 4) is 11.3 Å². The average molecular weight is 381 g/mol. The molecule has 1 aliphatic rings. The molecular weight excluding hydrogens is 356 g/mol. The van der Waals surface area contributed by atoms with Crippen molar-refractivity contribution in [2.24, 2.45) is 0 Å². The molecular formula is C22H25ClN4. The number of rotatable bonds is 6. The highest BCUT2D eigenvalue weighted by Crippen LogP contribution is 2.19. The molecule has 0 atom stereocenters. The molecule has 0 aliphatic carbocycles. The molecule has 140 valence electrons. The predicted octanol–water partition coefficient (Wildman–Crippen LogP) is 4.43. The highest BCUT2D eigenvalue weighted by Gasteiger charge is 2.14. The van der Waals surface area contributed by atoms with Crippen LogP contribution in [0, 0.1) is 0 Å². The molecule has 2 aromatic carbocycles. The van der Waals surface area contributed by atoms with Crippen LogP contribution in [0.3, 0.4) is 0 Å². The van der Waals surface area contributed by atoms with Gasteiger partial charge in [0.25, 0.3) is 0 Å². The molecule has 3 aromatic rings. The van der Waals surface area contributed by atoms with Crippen LogP contribution in [0.1, 0.15) is 17.5 Å². The molecule has 1 aromatic heterocycles. The fraction of sp³-hybridized carbons (Fsp3) is 0.273. The van der Waals surface area contributed by atoms with Crippen molar-refractivity contribution in [1.82, 2.24) is 15.1 Å². The molecule has 4 nitrogen and oxygen atoms in total. The third-order valence-electron chi connectivity index (χ3n) is 4.90. The summed E-state index contributed by atoms with van der Waals surface area (Å²) in [5, 5.41) is 12.0. The third-order valence-corrected chi connectivity index (χ3v) is 4.90. The lowest BCUT2D eigenvalue weighted by Crippen LogP contribution is -2.32. The van der Waals surface area contributed by atoms with E-state index in [0.717, 1.165) is 56.1 Å². The molecule has 0 saturated carbocycles. The molecule has 0 fully saturated rings. The van der Waals surface area contributed by atoms with Crippen molar-refractivity contribution in [3.05, 3.63) is 77.9 Å². The number of nitrogens with zero attached hydrogens (tertiary/aromatic N) is 3. The van der Waals surface area contributed by atoms with Crippen LogP contribution in [0.15, 0.2) is 66.7 Å². The normalized spacial score (nSPS) is 13.5. The van der Waals surface area contributed by atoms with Crippen molar-refractivity contribution >= 4 is 18.2 Å². The first kappa shape index (κ1) is 19.3. The fourth-order valence-corrected chi connectivity index (χ4v) is 3.45. The number of hydrogen-bond acceptors (Lipinski definition) is 4. The van der Waals surface area contributed by atoms with Gasteiger partial charge in [-0.1, -0.05) is 54.6 Å². The lowest BCUT2D eigenvalue weighted by molar-refractivity contribution is 0.253. The number of fused-ring (bicyclic) bond motifs is 1. The monoisotopic (exact) mass is 380 g/mol. The van der Waals surface area contributed by atoms with Gasteiger partial charge in [0.1, 0.15) is 5.82 Å². The predicted molar refractivity (Wildman–Crippen MR) is 113 cm³/mol. The molecule has 1 N–H and O–H groups in total. The second-order valence-corrected chi connectivity index (χ2v) is 6.75. The zero-order chi connectivity index (χ0) is 17.6. The summed E-state index contributed by atoms with van der Waals surface area (Å²) < 4.78 is 0. The number of hydrogen-bond donors (Lipinski definition) is 1. The van der Waals surface area contributed by atoms with Crippen molar-refractivity contribution in [2.45, 2.75) is 19.4 Å². The Morgan fingerprint density at radius 1 is 0.852 bits per heavy atom. The minimum Gasteiger partial charge on any atom is -0.369 e. The summed E-state index contributed by atoms with van der Waals surface area (Å²) in [4.78, 5) is 2.54. The minimum absolute atomic E-state index is 0. The van der Waals surface area contributed by atoms with Crippen LogP contribution in [-0.2, 0) is 13.0 Å². The Morgan fingerprint density at radius 3 is 2.41 bits per heavy atom. The Labute approximate surface area is 167 Å². The van der Waals surface area contributed by atoms with Crippen LogP contribution < -0.4 is 5.32 Å². The van der Waals surface area contributed by atoms with E-state index in [1.54, 1.807) is 0 Å². The molecule has 2 heterocycles. The first-order chi connectivity index (χ1) is 12.9. The van der Waals surface area contributed by atoms with Gasteiger partial charge >= 0.3 is 0 Å². The minimum atomic E-state index is 0. The standard InChI is InChI=1S/C22H24N4.ClH/c1-2-8-19(9-3-1)21-11-12-22(25-24-21)23-14-6-15-26-16-13-18-7-4-5-10-20(18)17-26;/h1-5,7-12H,6,13-17H2,(H,23,25);1H. The quantitative estimate of drug-likeness (QED) is 0.642. The van der Waals surface area contributed by atoms with Gasteiger partial charge in [-0.15, -0.1) is 22.6 Å². The summed E-state index contributed by atoms with van der Waals surface area (Å²) in [6.45, 7) is 4.25. The van der Waals surface area contributed by atoms with E-state index in [2.05, 4.69) is 44.7 Å². The van der Waals surface area contributed by atoms with Crippen LogP contribution in [0.5, 0.6) is 0 Å². The summed E-state index contributed by atoms with van der Waals surface area (Å²) in [5.41, 5.74) is 4.99. The Bertz CT molecular complexity index is 836. The molecule has 0 saturated heterocycles. The van der Waals surface area contributed by atoms with E-state index in [0.29, 0.717) is 0 Å². The smallest absolute Gasteiger partial charge is 0.148 e. The molecule has 4 rings (SSSR count). The summed E-state index contributed by atoms with van der Waals surface area (Å²) in [6.07, 6.45) is 2.26. The molecule has 0 radical (unpaired) electrons. The lowest BCUT2D eigenvalue weighted by atomic mass is 10.00. The van der Waals surface area contributed by atoms with Crippen LogP contribution in [0.2, 0.25) is 0 Å². The van der Waals surface area contributed by atoms with Gasteiger partial charge in [0.2, 0.25) is 0 Å². The second-order valence-electron chi connectivity index (χ2n) is 6.75. The Morgan fingerprint density at radius 2 is 1.63 bits per heavy atom. The van der Waals surface area contributed by atoms with Crippen molar-refractivity contribution in [1.29, 1.82) is 0 Å². The van der Waals surface area contributed by atoms with Gasteiger partial charge in [0.15, 0.2) is 0 Å². The Hall–Kier alpha value is -2.43. The molecule has 1 aliphatic heterocycles. The third kappa shape index (κ3) is 5.06. The molecule has 0 unspecified atom stereocenters. The van der Waals surface area contributed by atoms with Gasteiger partial charge in [0, 0.05) is 31.7 Å². The zero-order valence-electron chi connectivity index (χ0n) is 15.3. The van der Waals surface area contributed by atoms with Gasteiger partial charge in [-0.2, -0.15) is 0 Å². The average Bonchev–Trinajstić information content (AvgIpc) is 2.72. The summed E-state index contributed by atoms with van der Waals surface area (Å²) >= 11 is 0. The van der Waals surface area contributed by atoms with Crippen LogP contribution in [-0.4, -0.2) is 34.7 Å². The summed E-state index contributed by atoms with van der Waals surface area (Å²) in [7, 11) is 0. The van der Waals surface area contributed by atoms with E-state index in [-0.39, 0.29) is 12.4 Å². The molecule has 27 heavy (non-hydrogen) atoms. The molecule has 0 bridgehead atoms. The van der Waals surface area contributed by atoms with Gasteiger partial charge in [0.05, 0.1) is 5.69 Å². The van der Waals surface area contributed by atoms with Crippen molar-refractivity contribution in [2.75, 3.05) is 25.0 Å². The molecule has 5 heteroatoms. The molecule has 0 amide bonds. The van der Waals surface area contributed by atoms with E-state index in [1.807, 2.05) is 42.5 Å². The number of aromatic nitrogens is 2. The second kappa shape index (κ2) is 9.49. The molecule has 0 spiro atoms. The summed E-state index contributed by atoms with van der Waals surface area (Å²) in [6, 6.07) is 23.0. The van der Waals surface area contributed by atoms with Gasteiger partial charge in [-0.3, -0.25) is 4.90 Å². The van der Waals surface area contributed by atoms with E-state index < -0.39 is 0 Å². The topological polar surface area (TPSA) is 41.0 Å². The maximum Gasteiger partial charge on any atom is 0.148 e. The highest BCUT2D eigenvalue weighted by atomic mass is 35.5. The van der Waals surface area contributed by atoms with Crippen LogP contribution in [0.4, 0.5) is 5.82 Å². The van der Waals surface area contributed by atoms with E-state index in [1.165, 1.54) is 11.1 Å². The van der Waals surface area contributed by atoms with E-state index in [4.69, 9.17) is 0 Å². The highest BCUT2D eigenvalue weighted by molar-refractivity contribution is 5.85. The SMILES string of the molecule is Cl.c1ccc(-c2ccc(NCCCN3CCc4ccccc4C3)nn2)cc1. The van der Waals surface area contributed by atoms with Crippen LogP contribution in [0.25, 0.3) is 11.3 Å². The number of nitrogens with one attached hydrogen (secondary N) is 1. The van der Waals surface area contributed by atoms with Gasteiger partial charge in [-0.25, -0.2) is 0 Å². The largest absolute Gasteiger partial charge is 0.369 e. The number of benzene rings is 2. The van der Waals surface area contributed by atoms with E-state index >= 15 is 0 Å².